The zero-order chi connectivity index (χ0) is 11.8. The molecule has 0 aliphatic heterocycles. The second kappa shape index (κ2) is 4.06. The Morgan fingerprint density at radius 3 is 2.82 bits per heavy atom. The lowest BCUT2D eigenvalue weighted by Gasteiger charge is -2.20. The lowest BCUT2D eigenvalue weighted by atomic mass is 9.89. The third-order valence-corrected chi connectivity index (χ3v) is 3.61. The minimum atomic E-state index is 0.458. The Hall–Kier alpha value is -1.52. The normalized spacial score (nSPS) is 17.6. The smallest absolute Gasteiger partial charge is 0.148 e. The van der Waals surface area contributed by atoms with Crippen LogP contribution in [-0.2, 0) is 0 Å². The Balaban J connectivity index is 2.13. The molecular formula is C12H15BN4. The minimum absolute atomic E-state index is 0.458. The zero-order valence-corrected chi connectivity index (χ0v) is 9.76. The molecule has 86 valence electrons. The van der Waals surface area contributed by atoms with Crippen LogP contribution in [0, 0.1) is 0 Å². The fourth-order valence-corrected chi connectivity index (χ4v) is 2.76. The summed E-state index contributed by atoms with van der Waals surface area (Å²) >= 11 is 0. The number of nitrogens with two attached hydrogens (primary N) is 1. The Bertz CT molecular complexity index is 543. The van der Waals surface area contributed by atoms with Crippen LogP contribution < -0.4 is 11.3 Å². The van der Waals surface area contributed by atoms with E-state index in [1.165, 1.54) is 32.1 Å². The molecule has 0 bridgehead atoms. The van der Waals surface area contributed by atoms with Gasteiger partial charge >= 0.3 is 0 Å². The number of hydrogen-bond donors (Lipinski definition) is 1. The topological polar surface area (TPSA) is 56.2 Å². The van der Waals surface area contributed by atoms with Crippen LogP contribution in [0.4, 0.5) is 5.82 Å². The number of nitrogens with zero attached hydrogens (tertiary/aromatic N) is 3. The van der Waals surface area contributed by atoms with Crippen molar-refractivity contribution in [2.75, 3.05) is 5.73 Å². The van der Waals surface area contributed by atoms with E-state index >= 15 is 0 Å². The van der Waals surface area contributed by atoms with Crippen LogP contribution in [0.25, 0.3) is 5.52 Å². The molecular weight excluding hydrogens is 211 g/mol. The van der Waals surface area contributed by atoms with Crippen molar-refractivity contribution < 1.29 is 0 Å². The van der Waals surface area contributed by atoms with Crippen molar-refractivity contribution in [2.24, 2.45) is 0 Å². The SMILES string of the molecule is [B]c1nc(C2CCCCC2)n2ccnc(N)c12. The summed E-state index contributed by atoms with van der Waals surface area (Å²) in [6.07, 6.45) is 9.88. The number of anilines is 1. The second-order valence-corrected chi connectivity index (χ2v) is 4.72. The van der Waals surface area contributed by atoms with Crippen molar-refractivity contribution in [3.63, 3.8) is 0 Å². The van der Waals surface area contributed by atoms with Gasteiger partial charge in [0.05, 0.1) is 5.52 Å². The third kappa shape index (κ3) is 1.70. The van der Waals surface area contributed by atoms with E-state index in [0.717, 1.165) is 11.3 Å². The summed E-state index contributed by atoms with van der Waals surface area (Å²) in [5.74, 6) is 2.02. The first-order valence-electron chi connectivity index (χ1n) is 6.15. The number of hydrogen-bond acceptors (Lipinski definition) is 3. The standard InChI is InChI=1S/C12H15BN4/c13-10-9-11(14)15-6-7-17(9)12(16-10)8-4-2-1-3-5-8/h6-8H,1-5H2,(H2,14,15). The van der Waals surface area contributed by atoms with Crippen LogP contribution in [-0.4, -0.2) is 22.2 Å². The molecule has 1 saturated carbocycles. The first-order chi connectivity index (χ1) is 8.27. The second-order valence-electron chi connectivity index (χ2n) is 4.72. The maximum atomic E-state index is 5.93. The van der Waals surface area contributed by atoms with Crippen molar-refractivity contribution in [3.05, 3.63) is 18.2 Å². The van der Waals surface area contributed by atoms with Gasteiger partial charge in [0.2, 0.25) is 0 Å². The van der Waals surface area contributed by atoms with Crippen LogP contribution >= 0.6 is 0 Å². The molecule has 3 rings (SSSR count). The summed E-state index contributed by atoms with van der Waals surface area (Å²) in [7, 11) is 5.93. The van der Waals surface area contributed by atoms with Crippen molar-refractivity contribution in [2.45, 2.75) is 38.0 Å². The molecule has 2 aromatic rings. The van der Waals surface area contributed by atoms with Gasteiger partial charge in [0.15, 0.2) is 0 Å². The number of imidazole rings is 1. The summed E-state index contributed by atoms with van der Waals surface area (Å²) in [5, 5.41) is 0. The fourth-order valence-electron chi connectivity index (χ4n) is 2.76. The van der Waals surface area contributed by atoms with Gasteiger partial charge in [-0.3, -0.25) is 4.40 Å². The van der Waals surface area contributed by atoms with E-state index in [0.29, 0.717) is 17.3 Å². The quantitative estimate of drug-likeness (QED) is 0.742. The first-order valence-corrected chi connectivity index (χ1v) is 6.15. The molecule has 0 saturated heterocycles. The van der Waals surface area contributed by atoms with Crippen LogP contribution in [0.5, 0.6) is 0 Å². The van der Waals surface area contributed by atoms with Gasteiger partial charge < -0.3 is 5.73 Å². The molecule has 5 heteroatoms. The lowest BCUT2D eigenvalue weighted by Crippen LogP contribution is -2.09. The molecule has 0 spiro atoms. The van der Waals surface area contributed by atoms with E-state index in [4.69, 9.17) is 13.6 Å². The molecule has 0 amide bonds. The monoisotopic (exact) mass is 226 g/mol. The maximum Gasteiger partial charge on any atom is 0.148 e. The van der Waals surface area contributed by atoms with Crippen molar-refractivity contribution in [1.29, 1.82) is 0 Å². The largest absolute Gasteiger partial charge is 0.382 e. The number of nitrogen functional groups attached to an aromatic ring is 1. The highest BCUT2D eigenvalue weighted by atomic mass is 15.1. The first kappa shape index (κ1) is 10.6. The number of rotatable bonds is 1. The Kier molecular flexibility index (Phi) is 2.54. The van der Waals surface area contributed by atoms with Gasteiger partial charge in [-0.15, -0.1) is 0 Å². The molecule has 0 atom stereocenters. The highest BCUT2D eigenvalue weighted by Gasteiger charge is 2.21. The molecule has 2 radical (unpaired) electrons. The van der Waals surface area contributed by atoms with Crippen molar-refractivity contribution in [1.82, 2.24) is 14.4 Å². The minimum Gasteiger partial charge on any atom is -0.382 e. The highest BCUT2D eigenvalue weighted by molar-refractivity contribution is 6.36. The van der Waals surface area contributed by atoms with E-state index in [1.807, 2.05) is 10.6 Å². The molecule has 2 aromatic heterocycles. The predicted octanol–water partition coefficient (Wildman–Crippen LogP) is 1.15. The lowest BCUT2D eigenvalue weighted by molar-refractivity contribution is 0.428. The van der Waals surface area contributed by atoms with E-state index in [-0.39, 0.29) is 0 Å². The molecule has 2 N–H and O–H groups in total. The van der Waals surface area contributed by atoms with Gasteiger partial charge in [-0.25, -0.2) is 9.97 Å². The van der Waals surface area contributed by atoms with Crippen molar-refractivity contribution in [3.8, 4) is 0 Å². The molecule has 1 aliphatic rings. The summed E-state index contributed by atoms with van der Waals surface area (Å²) < 4.78 is 2.01. The highest BCUT2D eigenvalue weighted by Crippen LogP contribution is 2.32. The number of fused-ring (bicyclic) bond motifs is 1. The average Bonchev–Trinajstić information content (AvgIpc) is 2.69. The average molecular weight is 226 g/mol. The molecule has 1 aliphatic carbocycles. The fraction of sp³-hybridized carbons (Fsp3) is 0.500. The Labute approximate surface area is 102 Å². The van der Waals surface area contributed by atoms with Gasteiger partial charge in [0, 0.05) is 23.9 Å². The predicted molar refractivity (Wildman–Crippen MR) is 68.6 cm³/mol. The van der Waals surface area contributed by atoms with Crippen LogP contribution in [0.1, 0.15) is 43.8 Å². The van der Waals surface area contributed by atoms with Gasteiger partial charge in [-0.2, -0.15) is 0 Å². The van der Waals surface area contributed by atoms with Gasteiger partial charge in [0.25, 0.3) is 0 Å². The maximum absolute atomic E-state index is 5.93. The summed E-state index contributed by atoms with van der Waals surface area (Å²) in [4.78, 5) is 8.56. The Morgan fingerprint density at radius 1 is 1.29 bits per heavy atom. The molecule has 2 heterocycles. The molecule has 0 unspecified atom stereocenters. The molecule has 1 fully saturated rings. The van der Waals surface area contributed by atoms with Gasteiger partial charge in [-0.1, -0.05) is 19.3 Å². The van der Waals surface area contributed by atoms with Crippen molar-refractivity contribution >= 4 is 24.8 Å². The molecule has 4 nitrogen and oxygen atoms in total. The number of aromatic nitrogens is 3. The molecule has 0 aromatic carbocycles. The van der Waals surface area contributed by atoms with E-state index < -0.39 is 0 Å². The van der Waals surface area contributed by atoms with Gasteiger partial charge in [-0.05, 0) is 12.8 Å². The van der Waals surface area contributed by atoms with E-state index in [1.54, 1.807) is 6.20 Å². The van der Waals surface area contributed by atoms with Crippen LogP contribution in [0.15, 0.2) is 12.4 Å². The summed E-state index contributed by atoms with van der Waals surface area (Å²) in [6.45, 7) is 0. The van der Waals surface area contributed by atoms with E-state index in [9.17, 15) is 0 Å². The van der Waals surface area contributed by atoms with E-state index in [2.05, 4.69) is 9.97 Å². The molecule has 17 heavy (non-hydrogen) atoms. The van der Waals surface area contributed by atoms with Crippen LogP contribution in [0.3, 0.4) is 0 Å². The summed E-state index contributed by atoms with van der Waals surface area (Å²) in [6, 6.07) is 0. The summed E-state index contributed by atoms with van der Waals surface area (Å²) in [5.41, 5.74) is 7.10. The zero-order valence-electron chi connectivity index (χ0n) is 9.76. The third-order valence-electron chi connectivity index (χ3n) is 3.61. The van der Waals surface area contributed by atoms with Gasteiger partial charge in [0.1, 0.15) is 19.5 Å². The van der Waals surface area contributed by atoms with Crippen LogP contribution in [0.2, 0.25) is 0 Å². The Morgan fingerprint density at radius 2 is 2.06 bits per heavy atom.